The fourth-order valence-electron chi connectivity index (χ4n) is 5.17. The molecule has 0 aromatic heterocycles. The van der Waals surface area contributed by atoms with E-state index in [2.05, 4.69) is 22.3 Å². The lowest BCUT2D eigenvalue weighted by molar-refractivity contribution is -0.274. The first-order chi connectivity index (χ1) is 24.9. The average molecular weight is 719 g/mol. The van der Waals surface area contributed by atoms with Gasteiger partial charge >= 0.3 is 12.3 Å². The van der Waals surface area contributed by atoms with Gasteiger partial charge in [0.1, 0.15) is 17.2 Å². The van der Waals surface area contributed by atoms with Gasteiger partial charge in [-0.25, -0.2) is 4.79 Å². The molecule has 0 saturated carbocycles. The van der Waals surface area contributed by atoms with E-state index < -0.39 is 35.9 Å². The summed E-state index contributed by atoms with van der Waals surface area (Å²) < 4.78 is 53.4. The number of carbonyl (C=O) groups is 4. The Kier molecular flexibility index (Phi) is 14.4. The molecule has 0 aliphatic rings. The van der Waals surface area contributed by atoms with Crippen LogP contribution in [-0.2, 0) is 22.4 Å². The third-order valence-electron chi connectivity index (χ3n) is 7.96. The van der Waals surface area contributed by atoms with Crippen molar-refractivity contribution in [2.24, 2.45) is 0 Å². The van der Waals surface area contributed by atoms with Crippen LogP contribution in [0.25, 0.3) is 0 Å². The Bertz CT molecular complexity index is 1790. The van der Waals surface area contributed by atoms with Gasteiger partial charge in [-0.1, -0.05) is 62.9 Å². The Morgan fingerprint density at radius 2 is 1.38 bits per heavy atom. The van der Waals surface area contributed by atoms with Crippen LogP contribution < -0.4 is 24.8 Å². The van der Waals surface area contributed by atoms with E-state index >= 15 is 0 Å². The van der Waals surface area contributed by atoms with Gasteiger partial charge in [-0.2, -0.15) is 0 Å². The minimum absolute atomic E-state index is 0.0506. The van der Waals surface area contributed by atoms with Crippen molar-refractivity contribution in [3.05, 3.63) is 119 Å². The van der Waals surface area contributed by atoms with Gasteiger partial charge in [0.25, 0.3) is 5.91 Å². The summed E-state index contributed by atoms with van der Waals surface area (Å²) in [4.78, 5) is 50.6. The van der Waals surface area contributed by atoms with Crippen LogP contribution >= 0.6 is 0 Å². The second-order valence-electron chi connectivity index (χ2n) is 12.1. The molecular weight excluding hydrogens is 677 g/mol. The van der Waals surface area contributed by atoms with Crippen molar-refractivity contribution in [3.8, 4) is 17.2 Å². The molecule has 4 aromatic carbocycles. The lowest BCUT2D eigenvalue weighted by Crippen LogP contribution is -2.41. The summed E-state index contributed by atoms with van der Waals surface area (Å²) in [6.07, 6.45) is 0.622. The molecule has 0 fully saturated rings. The minimum Gasteiger partial charge on any atom is -0.494 e. The molecule has 4 aromatic rings. The fourth-order valence-corrected chi connectivity index (χ4v) is 5.17. The Hall–Kier alpha value is -5.65. The number of ether oxygens (including phenoxy) is 3. The Balaban J connectivity index is 1.25. The van der Waals surface area contributed by atoms with Crippen LogP contribution in [0.3, 0.4) is 0 Å². The van der Waals surface area contributed by atoms with Crippen LogP contribution in [0.4, 0.5) is 18.9 Å². The quantitative estimate of drug-likeness (QED) is 0.0604. The number of para-hydroxylation sites is 1. The third kappa shape index (κ3) is 12.9. The average Bonchev–Trinajstić information content (AvgIpc) is 3.11. The van der Waals surface area contributed by atoms with E-state index in [9.17, 15) is 32.3 Å². The number of rotatable bonds is 18. The maximum atomic E-state index is 13.0. The first kappa shape index (κ1) is 39.1. The molecule has 52 heavy (non-hydrogen) atoms. The van der Waals surface area contributed by atoms with Crippen LogP contribution in [0.2, 0.25) is 0 Å². The molecular formula is C40H41F3N2O7. The predicted octanol–water partition coefficient (Wildman–Crippen LogP) is 8.26. The highest BCUT2D eigenvalue weighted by Gasteiger charge is 2.32. The number of anilines is 1. The molecule has 0 heterocycles. The van der Waals surface area contributed by atoms with Crippen molar-refractivity contribution in [1.29, 1.82) is 0 Å². The second-order valence-corrected chi connectivity index (χ2v) is 12.1. The summed E-state index contributed by atoms with van der Waals surface area (Å²) in [7, 11) is 0. The molecule has 9 nitrogen and oxygen atoms in total. The first-order valence-corrected chi connectivity index (χ1v) is 17.0. The van der Waals surface area contributed by atoms with Crippen molar-refractivity contribution >= 4 is 29.3 Å². The van der Waals surface area contributed by atoms with Crippen LogP contribution in [0.1, 0.15) is 77.8 Å². The largest absolute Gasteiger partial charge is 0.573 e. The zero-order chi connectivity index (χ0) is 37.5. The zero-order valence-corrected chi connectivity index (χ0v) is 29.0. The number of benzene rings is 4. The molecule has 2 amide bonds. The molecule has 4 rings (SSSR count). The summed E-state index contributed by atoms with van der Waals surface area (Å²) in [6, 6.07) is 23.7. The number of hydrogen-bond donors (Lipinski definition) is 2. The van der Waals surface area contributed by atoms with Gasteiger partial charge < -0.3 is 24.8 Å². The van der Waals surface area contributed by atoms with E-state index in [0.717, 1.165) is 24.5 Å². The summed E-state index contributed by atoms with van der Waals surface area (Å²) in [6.45, 7) is 4.16. The first-order valence-electron chi connectivity index (χ1n) is 17.0. The van der Waals surface area contributed by atoms with E-state index in [1.165, 1.54) is 68.7 Å². The number of Topliss-reactive ketones (excluding diaryl/α,β-unsaturated/α-hetero) is 1. The molecule has 1 atom stereocenters. The molecule has 2 N–H and O–H groups in total. The number of carbonyl (C=O) groups excluding carboxylic acids is 4. The van der Waals surface area contributed by atoms with Crippen molar-refractivity contribution in [2.75, 3.05) is 11.9 Å². The molecule has 0 aliphatic carbocycles. The summed E-state index contributed by atoms with van der Waals surface area (Å²) >= 11 is 0. The third-order valence-corrected chi connectivity index (χ3v) is 7.96. The summed E-state index contributed by atoms with van der Waals surface area (Å²) in [5.74, 6) is -1.38. The van der Waals surface area contributed by atoms with E-state index in [-0.39, 0.29) is 29.8 Å². The Labute approximate surface area is 300 Å². The molecule has 0 bridgehead atoms. The number of ketones is 1. The van der Waals surface area contributed by atoms with E-state index in [4.69, 9.17) is 9.47 Å². The maximum Gasteiger partial charge on any atom is 0.573 e. The van der Waals surface area contributed by atoms with Crippen LogP contribution in [0.15, 0.2) is 97.1 Å². The maximum absolute atomic E-state index is 13.0. The number of esters is 1. The van der Waals surface area contributed by atoms with Gasteiger partial charge in [0.05, 0.1) is 24.6 Å². The molecule has 0 radical (unpaired) electrons. The number of alkyl halides is 3. The van der Waals surface area contributed by atoms with Crippen LogP contribution in [0.5, 0.6) is 17.2 Å². The predicted molar refractivity (Wildman–Crippen MR) is 190 cm³/mol. The number of hydrogen-bond acceptors (Lipinski definition) is 7. The van der Waals surface area contributed by atoms with E-state index in [1.807, 2.05) is 0 Å². The Morgan fingerprint density at radius 1 is 0.750 bits per heavy atom. The lowest BCUT2D eigenvalue weighted by atomic mass is 10.0. The lowest BCUT2D eigenvalue weighted by Gasteiger charge is -2.17. The number of halogens is 3. The molecule has 0 spiro atoms. The molecule has 0 aliphatic heterocycles. The van der Waals surface area contributed by atoms with Gasteiger partial charge in [0.2, 0.25) is 5.91 Å². The Morgan fingerprint density at radius 3 is 2.04 bits per heavy atom. The molecule has 12 heteroatoms. The van der Waals surface area contributed by atoms with E-state index in [1.54, 1.807) is 48.5 Å². The molecule has 274 valence electrons. The van der Waals surface area contributed by atoms with Gasteiger partial charge in [-0.15, -0.1) is 13.2 Å². The fraction of sp³-hybridized carbons (Fsp3) is 0.300. The van der Waals surface area contributed by atoms with Gasteiger partial charge in [-0.05, 0) is 92.1 Å². The van der Waals surface area contributed by atoms with E-state index in [0.29, 0.717) is 29.4 Å². The standard InChI is InChI=1S/C40H41F3N2O7/c1-3-4-5-6-9-24-50-33-22-16-30(17-23-33)39(49)51-34-20-12-28(13-21-34)25-35(27(2)46)45-38(48)29-14-18-32(19-15-29)44-37(47)26-31-10-7-8-11-36(31)52-40(41,42)43/h7-8,10-23,35H,3-6,9,24-26H2,1-2H3,(H,44,47)(H,45,48)/t35-/m0/s1. The van der Waals surface area contributed by atoms with Crippen molar-refractivity contribution < 1.29 is 46.6 Å². The van der Waals surface area contributed by atoms with Crippen molar-refractivity contribution in [3.63, 3.8) is 0 Å². The highest BCUT2D eigenvalue weighted by Crippen LogP contribution is 2.27. The monoisotopic (exact) mass is 718 g/mol. The van der Waals surface area contributed by atoms with Crippen molar-refractivity contribution in [2.45, 2.75) is 71.2 Å². The van der Waals surface area contributed by atoms with Gasteiger partial charge in [0, 0.05) is 16.8 Å². The summed E-state index contributed by atoms with van der Waals surface area (Å²) in [5, 5.41) is 5.30. The normalized spacial score (nSPS) is 11.6. The number of unbranched alkanes of at least 4 members (excludes halogenated alkanes) is 4. The zero-order valence-electron chi connectivity index (χ0n) is 29.0. The number of amides is 2. The smallest absolute Gasteiger partial charge is 0.494 e. The van der Waals surface area contributed by atoms with Gasteiger partial charge in [-0.3, -0.25) is 14.4 Å². The SMILES string of the molecule is CCCCCCCOc1ccc(C(=O)Oc2ccc(C[C@H](NC(=O)c3ccc(NC(=O)Cc4ccccc4OC(F)(F)F)cc3)C(C)=O)cc2)cc1. The topological polar surface area (TPSA) is 120 Å². The highest BCUT2D eigenvalue weighted by atomic mass is 19.4. The van der Waals surface area contributed by atoms with Crippen LogP contribution in [0, 0.1) is 0 Å². The summed E-state index contributed by atoms with van der Waals surface area (Å²) in [5.41, 5.74) is 1.67. The number of nitrogens with one attached hydrogen (secondary N) is 2. The second kappa shape index (κ2) is 19.1. The van der Waals surface area contributed by atoms with Crippen molar-refractivity contribution in [1.82, 2.24) is 5.32 Å². The van der Waals surface area contributed by atoms with Gasteiger partial charge in [0.15, 0.2) is 5.78 Å². The molecule has 0 unspecified atom stereocenters. The van der Waals surface area contributed by atoms with Crippen LogP contribution in [-0.4, -0.2) is 42.6 Å². The minimum atomic E-state index is -4.90. The highest BCUT2D eigenvalue weighted by molar-refractivity contribution is 5.98. The molecule has 0 saturated heterocycles.